The molecule has 18 heavy (non-hydrogen) atoms. The Morgan fingerprint density at radius 2 is 2.11 bits per heavy atom. The highest BCUT2D eigenvalue weighted by Crippen LogP contribution is 2.52. The van der Waals surface area contributed by atoms with Crippen LogP contribution in [0, 0.1) is 5.41 Å². The molecule has 1 aromatic rings. The molecule has 0 spiro atoms. The molecular formula is C14H18BrNO2. The molecule has 1 unspecified atom stereocenters. The molecule has 1 aliphatic carbocycles. The Morgan fingerprint density at radius 1 is 1.44 bits per heavy atom. The summed E-state index contributed by atoms with van der Waals surface area (Å²) in [5.41, 5.74) is 0.445. The van der Waals surface area contributed by atoms with Crippen LogP contribution < -0.4 is 0 Å². The Hall–Kier alpha value is -0.870. The molecule has 1 N–H and O–H groups in total. The van der Waals surface area contributed by atoms with Gasteiger partial charge in [0, 0.05) is 4.47 Å². The van der Waals surface area contributed by atoms with Gasteiger partial charge in [-0.2, -0.15) is 0 Å². The molecule has 0 aromatic heterocycles. The summed E-state index contributed by atoms with van der Waals surface area (Å²) in [6.45, 7) is 0. The van der Waals surface area contributed by atoms with E-state index in [1.165, 1.54) is 0 Å². The summed E-state index contributed by atoms with van der Waals surface area (Å²) in [6, 6.07) is 7.89. The number of nitrogens with zero attached hydrogens (tertiary/aromatic N) is 1. The highest BCUT2D eigenvalue weighted by molar-refractivity contribution is 9.10. The minimum Gasteiger partial charge on any atom is -0.481 e. The lowest BCUT2D eigenvalue weighted by atomic mass is 9.62. The van der Waals surface area contributed by atoms with Crippen molar-refractivity contribution in [2.24, 2.45) is 5.41 Å². The van der Waals surface area contributed by atoms with Gasteiger partial charge in [-0.3, -0.25) is 4.79 Å². The second kappa shape index (κ2) is 5.02. The van der Waals surface area contributed by atoms with Gasteiger partial charge in [-0.1, -0.05) is 34.5 Å². The first-order chi connectivity index (χ1) is 8.47. The standard InChI is InChI=1S/C14H18BrNO2/c1-16(2)12(10-5-3-6-11(15)9-10)14(13(17)18)7-4-8-14/h3,5-6,9,12H,4,7-8H2,1-2H3,(H,17,18). The number of rotatable bonds is 4. The molecule has 1 atom stereocenters. The van der Waals surface area contributed by atoms with Crippen molar-refractivity contribution in [2.75, 3.05) is 14.1 Å². The van der Waals surface area contributed by atoms with Gasteiger partial charge in [0.05, 0.1) is 11.5 Å². The van der Waals surface area contributed by atoms with E-state index in [4.69, 9.17) is 0 Å². The number of carboxylic acids is 1. The van der Waals surface area contributed by atoms with E-state index in [9.17, 15) is 9.90 Å². The maximum absolute atomic E-state index is 11.7. The Bertz CT molecular complexity index is 455. The normalized spacial score (nSPS) is 19.3. The average Bonchev–Trinajstić information content (AvgIpc) is 2.21. The van der Waals surface area contributed by atoms with E-state index in [-0.39, 0.29) is 6.04 Å². The van der Waals surface area contributed by atoms with E-state index >= 15 is 0 Å². The van der Waals surface area contributed by atoms with Crippen molar-refractivity contribution in [1.29, 1.82) is 0 Å². The first-order valence-corrected chi connectivity index (χ1v) is 6.92. The first kappa shape index (κ1) is 13.6. The maximum Gasteiger partial charge on any atom is 0.311 e. The van der Waals surface area contributed by atoms with E-state index < -0.39 is 11.4 Å². The van der Waals surface area contributed by atoms with E-state index in [1.54, 1.807) is 0 Å². The third kappa shape index (κ3) is 2.19. The number of aliphatic carboxylic acids is 1. The molecule has 1 saturated carbocycles. The van der Waals surface area contributed by atoms with Gasteiger partial charge < -0.3 is 10.0 Å². The van der Waals surface area contributed by atoms with Crippen LogP contribution in [0.3, 0.4) is 0 Å². The Balaban J connectivity index is 2.43. The largest absolute Gasteiger partial charge is 0.481 e. The van der Waals surface area contributed by atoms with Crippen LogP contribution >= 0.6 is 15.9 Å². The van der Waals surface area contributed by atoms with Gasteiger partial charge in [0.2, 0.25) is 0 Å². The van der Waals surface area contributed by atoms with Crippen molar-refractivity contribution in [2.45, 2.75) is 25.3 Å². The summed E-state index contributed by atoms with van der Waals surface area (Å²) in [4.78, 5) is 13.7. The fourth-order valence-corrected chi connectivity index (χ4v) is 3.37. The van der Waals surface area contributed by atoms with Gasteiger partial charge in [0.15, 0.2) is 0 Å². The average molecular weight is 312 g/mol. The lowest BCUT2D eigenvalue weighted by molar-refractivity contribution is -0.161. The number of carbonyl (C=O) groups is 1. The van der Waals surface area contributed by atoms with Gasteiger partial charge in [0.25, 0.3) is 0 Å². The number of hydrogen-bond donors (Lipinski definition) is 1. The van der Waals surface area contributed by atoms with Crippen molar-refractivity contribution in [1.82, 2.24) is 4.90 Å². The molecule has 4 heteroatoms. The number of benzene rings is 1. The number of halogens is 1. The SMILES string of the molecule is CN(C)C(c1cccc(Br)c1)C1(C(=O)O)CCC1. The Labute approximate surface area is 116 Å². The minimum absolute atomic E-state index is 0.0683. The Morgan fingerprint density at radius 3 is 2.50 bits per heavy atom. The van der Waals surface area contributed by atoms with E-state index in [0.29, 0.717) is 0 Å². The van der Waals surface area contributed by atoms with Crippen LogP contribution in [0.15, 0.2) is 28.7 Å². The molecule has 3 nitrogen and oxygen atoms in total. The van der Waals surface area contributed by atoms with Crippen LogP contribution in [0.25, 0.3) is 0 Å². The molecule has 0 heterocycles. The molecule has 1 fully saturated rings. The fourth-order valence-electron chi connectivity index (χ4n) is 2.95. The van der Waals surface area contributed by atoms with Crippen molar-refractivity contribution >= 4 is 21.9 Å². The first-order valence-electron chi connectivity index (χ1n) is 6.13. The van der Waals surface area contributed by atoms with Crippen LogP contribution in [0.1, 0.15) is 30.9 Å². The quantitative estimate of drug-likeness (QED) is 0.927. The van der Waals surface area contributed by atoms with Crippen molar-refractivity contribution in [3.63, 3.8) is 0 Å². The summed E-state index contributed by atoms with van der Waals surface area (Å²) in [5.74, 6) is -0.674. The third-order valence-electron chi connectivity index (χ3n) is 3.88. The summed E-state index contributed by atoms with van der Waals surface area (Å²) in [5, 5.41) is 9.60. The van der Waals surface area contributed by atoms with E-state index in [1.807, 2.05) is 43.3 Å². The lowest BCUT2D eigenvalue weighted by Crippen LogP contribution is -2.48. The highest BCUT2D eigenvalue weighted by atomic mass is 79.9. The highest BCUT2D eigenvalue weighted by Gasteiger charge is 2.52. The molecule has 0 radical (unpaired) electrons. The smallest absolute Gasteiger partial charge is 0.311 e. The summed E-state index contributed by atoms with van der Waals surface area (Å²) < 4.78 is 0.992. The summed E-state index contributed by atoms with van der Waals surface area (Å²) in [6.07, 6.45) is 2.53. The predicted octanol–water partition coefficient (Wildman–Crippen LogP) is 3.31. The molecule has 0 aliphatic heterocycles. The zero-order valence-electron chi connectivity index (χ0n) is 10.7. The van der Waals surface area contributed by atoms with Crippen molar-refractivity contribution < 1.29 is 9.90 Å². The fraction of sp³-hybridized carbons (Fsp3) is 0.500. The topological polar surface area (TPSA) is 40.5 Å². The van der Waals surface area contributed by atoms with Gasteiger partial charge in [-0.25, -0.2) is 0 Å². The maximum atomic E-state index is 11.7. The molecular weight excluding hydrogens is 294 g/mol. The zero-order chi connectivity index (χ0) is 13.3. The van der Waals surface area contributed by atoms with Gasteiger partial charge in [0.1, 0.15) is 0 Å². The molecule has 2 rings (SSSR count). The Kier molecular flexibility index (Phi) is 3.78. The molecule has 0 amide bonds. The molecule has 1 aliphatic rings. The molecule has 98 valence electrons. The monoisotopic (exact) mass is 311 g/mol. The van der Waals surface area contributed by atoms with Gasteiger partial charge >= 0.3 is 5.97 Å². The van der Waals surface area contributed by atoms with Crippen LogP contribution in [0.4, 0.5) is 0 Å². The van der Waals surface area contributed by atoms with Crippen LogP contribution in [-0.4, -0.2) is 30.1 Å². The summed E-state index contributed by atoms with van der Waals surface area (Å²) in [7, 11) is 3.91. The van der Waals surface area contributed by atoms with Gasteiger partial charge in [-0.15, -0.1) is 0 Å². The van der Waals surface area contributed by atoms with Crippen molar-refractivity contribution in [3.05, 3.63) is 34.3 Å². The zero-order valence-corrected chi connectivity index (χ0v) is 12.3. The predicted molar refractivity (Wildman–Crippen MR) is 74.5 cm³/mol. The van der Waals surface area contributed by atoms with E-state index in [0.717, 1.165) is 29.3 Å². The van der Waals surface area contributed by atoms with Crippen LogP contribution in [0.5, 0.6) is 0 Å². The molecule has 0 bridgehead atoms. The second-order valence-electron chi connectivity index (χ2n) is 5.24. The number of carboxylic acid groups (broad SMARTS) is 1. The van der Waals surface area contributed by atoms with E-state index in [2.05, 4.69) is 15.9 Å². The van der Waals surface area contributed by atoms with Gasteiger partial charge in [-0.05, 0) is 44.6 Å². The van der Waals surface area contributed by atoms with Crippen LogP contribution in [-0.2, 0) is 4.79 Å². The third-order valence-corrected chi connectivity index (χ3v) is 4.37. The molecule has 1 aromatic carbocycles. The summed E-state index contributed by atoms with van der Waals surface area (Å²) >= 11 is 3.46. The minimum atomic E-state index is -0.674. The second-order valence-corrected chi connectivity index (χ2v) is 6.15. The lowest BCUT2D eigenvalue weighted by Gasteiger charge is -2.47. The van der Waals surface area contributed by atoms with Crippen molar-refractivity contribution in [3.8, 4) is 0 Å². The van der Waals surface area contributed by atoms with Crippen LogP contribution in [0.2, 0.25) is 0 Å². The number of hydrogen-bond acceptors (Lipinski definition) is 2. The molecule has 0 saturated heterocycles.